The Balaban J connectivity index is 2.90. The molecule has 1 unspecified atom stereocenters. The summed E-state index contributed by atoms with van der Waals surface area (Å²) in [6, 6.07) is 3.48. The summed E-state index contributed by atoms with van der Waals surface area (Å²) in [6.07, 6.45) is 2.80. The van der Waals surface area contributed by atoms with Crippen LogP contribution in [-0.4, -0.2) is 11.0 Å². The van der Waals surface area contributed by atoms with Gasteiger partial charge in [-0.05, 0) is 25.5 Å². The highest BCUT2D eigenvalue weighted by molar-refractivity contribution is 6.31. The van der Waals surface area contributed by atoms with Crippen molar-refractivity contribution in [1.29, 1.82) is 0 Å². The van der Waals surface area contributed by atoms with Crippen LogP contribution < -0.4 is 0 Å². The third kappa shape index (κ3) is 3.86. The lowest BCUT2D eigenvalue weighted by molar-refractivity contribution is -0.145. The predicted molar refractivity (Wildman–Crippen MR) is 67.8 cm³/mol. The zero-order valence-electron chi connectivity index (χ0n) is 10.1. The molecule has 0 amide bonds. The molecule has 0 aromatic carbocycles. The fraction of sp³-hybridized carbons (Fsp3) is 0.385. The smallest absolute Gasteiger partial charge is 0.333 e. The lowest BCUT2D eigenvalue weighted by atomic mass is 10.1. The number of aromatic nitrogens is 1. The molecule has 1 atom stereocenters. The van der Waals surface area contributed by atoms with Gasteiger partial charge in [0.15, 0.2) is 0 Å². The molecule has 0 fully saturated rings. The summed E-state index contributed by atoms with van der Waals surface area (Å²) in [5.74, 6) is -0.412. The van der Waals surface area contributed by atoms with E-state index in [1.807, 2.05) is 6.92 Å². The number of pyridine rings is 1. The first kappa shape index (κ1) is 13.7. The maximum absolute atomic E-state index is 11.5. The van der Waals surface area contributed by atoms with E-state index in [0.717, 1.165) is 6.42 Å². The summed E-state index contributed by atoms with van der Waals surface area (Å²) in [5, 5.41) is 0.514. The number of rotatable bonds is 5. The van der Waals surface area contributed by atoms with Crippen LogP contribution in [-0.2, 0) is 9.53 Å². The van der Waals surface area contributed by atoms with Crippen molar-refractivity contribution in [3.8, 4) is 0 Å². The fourth-order valence-corrected chi connectivity index (χ4v) is 1.62. The van der Waals surface area contributed by atoms with Gasteiger partial charge in [-0.3, -0.25) is 4.98 Å². The number of hydrogen-bond acceptors (Lipinski definition) is 3. The standard InChI is InChI=1S/C13H16ClNO2/c1-4-6-11(17-13(16)9(2)3)12-10(14)7-5-8-15-12/h5,7-8,11H,2,4,6H2,1,3H3. The largest absolute Gasteiger partial charge is 0.452 e. The van der Waals surface area contributed by atoms with Gasteiger partial charge in [0.2, 0.25) is 0 Å². The lowest BCUT2D eigenvalue weighted by Gasteiger charge is -2.17. The third-order valence-electron chi connectivity index (χ3n) is 2.24. The maximum Gasteiger partial charge on any atom is 0.333 e. The van der Waals surface area contributed by atoms with Gasteiger partial charge in [0.25, 0.3) is 0 Å². The van der Waals surface area contributed by atoms with Crippen molar-refractivity contribution < 1.29 is 9.53 Å². The van der Waals surface area contributed by atoms with E-state index in [1.54, 1.807) is 25.3 Å². The Bertz CT molecular complexity index is 418. The summed E-state index contributed by atoms with van der Waals surface area (Å²) in [4.78, 5) is 15.7. The molecule has 0 saturated carbocycles. The number of esters is 1. The van der Waals surface area contributed by atoms with Crippen molar-refractivity contribution in [2.24, 2.45) is 0 Å². The first-order valence-electron chi connectivity index (χ1n) is 5.53. The molecule has 0 aliphatic carbocycles. The molecule has 1 aromatic heterocycles. The van der Waals surface area contributed by atoms with Gasteiger partial charge >= 0.3 is 5.97 Å². The molecule has 0 bridgehead atoms. The van der Waals surface area contributed by atoms with Crippen LogP contribution in [0, 0.1) is 0 Å². The number of carbonyl (C=O) groups is 1. The van der Waals surface area contributed by atoms with Gasteiger partial charge < -0.3 is 4.74 Å². The van der Waals surface area contributed by atoms with Crippen LogP contribution in [0.15, 0.2) is 30.5 Å². The Morgan fingerprint density at radius 2 is 2.35 bits per heavy atom. The molecule has 0 N–H and O–H groups in total. The van der Waals surface area contributed by atoms with E-state index in [-0.39, 0.29) is 0 Å². The van der Waals surface area contributed by atoms with Gasteiger partial charge in [-0.2, -0.15) is 0 Å². The van der Waals surface area contributed by atoms with Crippen molar-refractivity contribution in [1.82, 2.24) is 4.98 Å². The van der Waals surface area contributed by atoms with Crippen LogP contribution in [0.4, 0.5) is 0 Å². The topological polar surface area (TPSA) is 39.2 Å². The number of ether oxygens (including phenoxy) is 1. The second kappa shape index (κ2) is 6.40. The Kier molecular flexibility index (Phi) is 5.16. The van der Waals surface area contributed by atoms with Crippen LogP contribution in [0.5, 0.6) is 0 Å². The molecule has 0 aliphatic rings. The first-order chi connectivity index (χ1) is 8.06. The van der Waals surface area contributed by atoms with Gasteiger partial charge in [-0.25, -0.2) is 4.79 Å². The Morgan fingerprint density at radius 1 is 1.65 bits per heavy atom. The zero-order valence-corrected chi connectivity index (χ0v) is 10.8. The van der Waals surface area contributed by atoms with E-state index >= 15 is 0 Å². The highest BCUT2D eigenvalue weighted by atomic mass is 35.5. The summed E-state index contributed by atoms with van der Waals surface area (Å²) in [6.45, 7) is 7.19. The Labute approximate surface area is 106 Å². The van der Waals surface area contributed by atoms with Crippen molar-refractivity contribution >= 4 is 17.6 Å². The molecule has 1 rings (SSSR count). The second-order valence-electron chi connectivity index (χ2n) is 3.83. The van der Waals surface area contributed by atoms with E-state index in [2.05, 4.69) is 11.6 Å². The molecular weight excluding hydrogens is 238 g/mol. The van der Waals surface area contributed by atoms with E-state index in [9.17, 15) is 4.79 Å². The minimum atomic E-state index is -0.412. The molecular formula is C13H16ClNO2. The average Bonchev–Trinajstić information content (AvgIpc) is 2.29. The quantitative estimate of drug-likeness (QED) is 0.593. The Morgan fingerprint density at radius 3 is 2.88 bits per heavy atom. The van der Waals surface area contributed by atoms with Crippen molar-refractivity contribution in [2.45, 2.75) is 32.8 Å². The molecule has 0 radical (unpaired) electrons. The van der Waals surface area contributed by atoms with Gasteiger partial charge in [0.1, 0.15) is 6.10 Å². The first-order valence-corrected chi connectivity index (χ1v) is 5.91. The normalized spacial score (nSPS) is 11.9. The number of halogens is 1. The molecule has 0 saturated heterocycles. The SMILES string of the molecule is C=C(C)C(=O)OC(CCC)c1ncccc1Cl. The highest BCUT2D eigenvalue weighted by Gasteiger charge is 2.20. The molecule has 1 heterocycles. The minimum absolute atomic E-state index is 0.373. The summed E-state index contributed by atoms with van der Waals surface area (Å²) < 4.78 is 5.33. The van der Waals surface area contributed by atoms with Crippen LogP contribution in [0.25, 0.3) is 0 Å². The highest BCUT2D eigenvalue weighted by Crippen LogP contribution is 2.27. The van der Waals surface area contributed by atoms with Crippen LogP contribution in [0.2, 0.25) is 5.02 Å². The predicted octanol–water partition coefficient (Wildman–Crippen LogP) is 3.70. The lowest BCUT2D eigenvalue weighted by Crippen LogP contribution is -2.13. The van der Waals surface area contributed by atoms with E-state index in [1.165, 1.54) is 0 Å². The molecule has 0 aliphatic heterocycles. The Hall–Kier alpha value is -1.35. The molecule has 92 valence electrons. The van der Waals surface area contributed by atoms with Crippen LogP contribution >= 0.6 is 11.6 Å². The van der Waals surface area contributed by atoms with Crippen molar-refractivity contribution in [2.75, 3.05) is 0 Å². The van der Waals surface area contributed by atoms with Crippen LogP contribution in [0.3, 0.4) is 0 Å². The molecule has 4 heteroatoms. The van der Waals surface area contributed by atoms with E-state index in [4.69, 9.17) is 16.3 Å². The van der Waals surface area contributed by atoms with Gasteiger partial charge in [-0.15, -0.1) is 0 Å². The van der Waals surface area contributed by atoms with E-state index < -0.39 is 12.1 Å². The number of hydrogen-bond donors (Lipinski definition) is 0. The molecule has 1 aromatic rings. The average molecular weight is 254 g/mol. The van der Waals surface area contributed by atoms with E-state index in [0.29, 0.717) is 22.7 Å². The third-order valence-corrected chi connectivity index (χ3v) is 2.56. The zero-order chi connectivity index (χ0) is 12.8. The summed E-state index contributed by atoms with van der Waals surface area (Å²) in [7, 11) is 0. The minimum Gasteiger partial charge on any atom is -0.452 e. The fourth-order valence-electron chi connectivity index (χ4n) is 1.38. The molecule has 3 nitrogen and oxygen atoms in total. The number of carbonyl (C=O) groups excluding carboxylic acids is 1. The van der Waals surface area contributed by atoms with Gasteiger partial charge in [-0.1, -0.05) is 31.5 Å². The van der Waals surface area contributed by atoms with Crippen molar-refractivity contribution in [3.05, 3.63) is 41.2 Å². The van der Waals surface area contributed by atoms with Gasteiger partial charge in [0, 0.05) is 11.8 Å². The van der Waals surface area contributed by atoms with Crippen LogP contribution in [0.1, 0.15) is 38.5 Å². The monoisotopic (exact) mass is 253 g/mol. The maximum atomic E-state index is 11.5. The summed E-state index contributed by atoms with van der Waals surface area (Å²) in [5.41, 5.74) is 0.976. The van der Waals surface area contributed by atoms with Gasteiger partial charge in [0.05, 0.1) is 10.7 Å². The second-order valence-corrected chi connectivity index (χ2v) is 4.24. The number of nitrogens with zero attached hydrogens (tertiary/aromatic N) is 1. The molecule has 0 spiro atoms. The van der Waals surface area contributed by atoms with Crippen molar-refractivity contribution in [3.63, 3.8) is 0 Å². The summed E-state index contributed by atoms with van der Waals surface area (Å²) >= 11 is 6.04. The molecule has 17 heavy (non-hydrogen) atoms.